The zero-order valence-corrected chi connectivity index (χ0v) is 13.3. The molecule has 0 atom stereocenters. The first kappa shape index (κ1) is 15.9. The average molecular weight is 304 g/mol. The number of benzene rings is 1. The monoisotopic (exact) mass is 304 g/mol. The Morgan fingerprint density at radius 1 is 1.43 bits per heavy atom. The van der Waals surface area contributed by atoms with Gasteiger partial charge in [-0.2, -0.15) is 5.26 Å². The number of hydrogen-bond donors (Lipinski definition) is 0. The summed E-state index contributed by atoms with van der Waals surface area (Å²) in [5.74, 6) is 1.44. The minimum atomic E-state index is -0.244. The van der Waals surface area contributed by atoms with Crippen molar-refractivity contribution < 1.29 is 9.53 Å². The lowest BCUT2D eigenvalue weighted by atomic mass is 10.1. The quantitative estimate of drug-likeness (QED) is 0.857. The molecule has 0 N–H and O–H groups in total. The highest BCUT2D eigenvalue weighted by molar-refractivity contribution is 7.99. The van der Waals surface area contributed by atoms with E-state index in [1.165, 1.54) is 0 Å². The molecule has 5 heteroatoms. The Hall–Kier alpha value is -1.51. The summed E-state index contributed by atoms with van der Waals surface area (Å²) in [6, 6.07) is 9.59. The Kier molecular flexibility index (Phi) is 5.27. The van der Waals surface area contributed by atoms with Crippen LogP contribution in [-0.4, -0.2) is 41.9 Å². The molecule has 1 aliphatic rings. The highest BCUT2D eigenvalue weighted by Gasteiger charge is 2.29. The second kappa shape index (κ2) is 6.97. The van der Waals surface area contributed by atoms with Gasteiger partial charge in [0.25, 0.3) is 0 Å². The van der Waals surface area contributed by atoms with E-state index in [0.29, 0.717) is 31.0 Å². The number of nitriles is 1. The van der Waals surface area contributed by atoms with E-state index in [1.807, 2.05) is 43.0 Å². The second-order valence-corrected chi connectivity index (χ2v) is 6.71. The molecule has 1 heterocycles. The van der Waals surface area contributed by atoms with Gasteiger partial charge in [-0.25, -0.2) is 0 Å². The molecular formula is C16H20N2O2S. The maximum absolute atomic E-state index is 12.2. The first-order valence-electron chi connectivity index (χ1n) is 6.99. The SMILES string of the molecule is CC1(C)CN(C(=O)CSCc2ccc(C#N)cc2)CCO1. The molecule has 0 unspecified atom stereocenters. The van der Waals surface area contributed by atoms with E-state index < -0.39 is 0 Å². The van der Waals surface area contributed by atoms with Crippen molar-refractivity contribution in [2.45, 2.75) is 25.2 Å². The third kappa shape index (κ3) is 4.76. The van der Waals surface area contributed by atoms with Gasteiger partial charge in [0.05, 0.1) is 29.6 Å². The van der Waals surface area contributed by atoms with Gasteiger partial charge in [-0.1, -0.05) is 12.1 Å². The molecule has 0 radical (unpaired) electrons. The van der Waals surface area contributed by atoms with Crippen LogP contribution in [0.5, 0.6) is 0 Å². The topological polar surface area (TPSA) is 53.3 Å². The van der Waals surface area contributed by atoms with E-state index in [2.05, 4.69) is 6.07 Å². The van der Waals surface area contributed by atoms with Crippen LogP contribution in [0.1, 0.15) is 25.0 Å². The molecule has 4 nitrogen and oxygen atoms in total. The molecule has 0 aliphatic carbocycles. The second-order valence-electron chi connectivity index (χ2n) is 5.72. The lowest BCUT2D eigenvalue weighted by Crippen LogP contribution is -2.51. The summed E-state index contributed by atoms with van der Waals surface area (Å²) < 4.78 is 5.61. The molecule has 112 valence electrons. The van der Waals surface area contributed by atoms with Gasteiger partial charge in [0, 0.05) is 18.8 Å². The third-order valence-corrected chi connectivity index (χ3v) is 4.34. The molecule has 0 bridgehead atoms. The van der Waals surface area contributed by atoms with E-state index in [-0.39, 0.29) is 11.5 Å². The summed E-state index contributed by atoms with van der Waals surface area (Å²) in [5.41, 5.74) is 1.55. The van der Waals surface area contributed by atoms with Gasteiger partial charge < -0.3 is 9.64 Å². The summed E-state index contributed by atoms with van der Waals surface area (Å²) in [5, 5.41) is 8.75. The Morgan fingerprint density at radius 3 is 2.76 bits per heavy atom. The minimum absolute atomic E-state index is 0.171. The van der Waals surface area contributed by atoms with E-state index in [4.69, 9.17) is 10.00 Å². The molecule has 0 aromatic heterocycles. The summed E-state index contributed by atoms with van der Waals surface area (Å²) in [6.07, 6.45) is 0. The van der Waals surface area contributed by atoms with Crippen molar-refractivity contribution >= 4 is 17.7 Å². The van der Waals surface area contributed by atoms with E-state index in [1.54, 1.807) is 11.8 Å². The van der Waals surface area contributed by atoms with Crippen molar-refractivity contribution in [3.8, 4) is 6.07 Å². The van der Waals surface area contributed by atoms with Gasteiger partial charge in [-0.15, -0.1) is 11.8 Å². The van der Waals surface area contributed by atoms with Crippen LogP contribution < -0.4 is 0 Å². The van der Waals surface area contributed by atoms with Crippen molar-refractivity contribution in [2.24, 2.45) is 0 Å². The number of carbonyl (C=O) groups is 1. The maximum atomic E-state index is 12.2. The third-order valence-electron chi connectivity index (χ3n) is 3.36. The fourth-order valence-corrected chi connectivity index (χ4v) is 3.14. The number of carbonyl (C=O) groups excluding carboxylic acids is 1. The first-order chi connectivity index (χ1) is 10.00. The van der Waals surface area contributed by atoms with Crippen LogP contribution in [0.3, 0.4) is 0 Å². The molecule has 1 aromatic rings. The Morgan fingerprint density at radius 2 is 2.14 bits per heavy atom. The number of thioether (sulfide) groups is 1. The van der Waals surface area contributed by atoms with Crippen molar-refractivity contribution in [1.82, 2.24) is 4.90 Å². The predicted octanol–water partition coefficient (Wildman–Crippen LogP) is 2.43. The number of morpholine rings is 1. The van der Waals surface area contributed by atoms with Gasteiger partial charge in [-0.3, -0.25) is 4.79 Å². The van der Waals surface area contributed by atoms with E-state index in [9.17, 15) is 4.79 Å². The molecule has 0 spiro atoms. The highest BCUT2D eigenvalue weighted by atomic mass is 32.2. The van der Waals surface area contributed by atoms with Crippen molar-refractivity contribution in [1.29, 1.82) is 5.26 Å². The molecule has 1 saturated heterocycles. The van der Waals surface area contributed by atoms with E-state index in [0.717, 1.165) is 11.3 Å². The molecule has 21 heavy (non-hydrogen) atoms. The van der Waals surface area contributed by atoms with Crippen LogP contribution in [0.2, 0.25) is 0 Å². The average Bonchev–Trinajstić information content (AvgIpc) is 2.47. The van der Waals surface area contributed by atoms with Crippen molar-refractivity contribution in [3.63, 3.8) is 0 Å². The predicted molar refractivity (Wildman–Crippen MR) is 83.9 cm³/mol. The first-order valence-corrected chi connectivity index (χ1v) is 8.14. The Bertz CT molecular complexity index is 534. The van der Waals surface area contributed by atoms with Crippen LogP contribution in [0.25, 0.3) is 0 Å². The summed E-state index contributed by atoms with van der Waals surface area (Å²) >= 11 is 1.61. The Balaban J connectivity index is 1.77. The van der Waals surface area contributed by atoms with E-state index >= 15 is 0 Å². The molecule has 1 aliphatic heterocycles. The molecule has 1 fully saturated rings. The smallest absolute Gasteiger partial charge is 0.232 e. The summed E-state index contributed by atoms with van der Waals surface area (Å²) in [7, 11) is 0. The van der Waals surface area contributed by atoms with Crippen LogP contribution in [0, 0.1) is 11.3 Å². The van der Waals surface area contributed by atoms with Crippen LogP contribution >= 0.6 is 11.8 Å². The fraction of sp³-hybridized carbons (Fsp3) is 0.500. The molecule has 1 amide bonds. The Labute approximate surface area is 130 Å². The van der Waals surface area contributed by atoms with Gasteiger partial charge in [0.15, 0.2) is 0 Å². The molecular weight excluding hydrogens is 284 g/mol. The largest absolute Gasteiger partial charge is 0.372 e. The van der Waals surface area contributed by atoms with Gasteiger partial charge in [-0.05, 0) is 31.5 Å². The standard InChI is InChI=1S/C16H20N2O2S/c1-16(2)12-18(7-8-20-16)15(19)11-21-10-14-5-3-13(9-17)4-6-14/h3-6H,7-8,10-12H2,1-2H3. The fourth-order valence-electron chi connectivity index (χ4n) is 2.25. The number of nitrogens with zero attached hydrogens (tertiary/aromatic N) is 2. The lowest BCUT2D eigenvalue weighted by molar-refractivity contribution is -0.143. The number of ether oxygens (including phenoxy) is 1. The number of amides is 1. The van der Waals surface area contributed by atoms with Crippen LogP contribution in [0.15, 0.2) is 24.3 Å². The van der Waals surface area contributed by atoms with Crippen LogP contribution in [-0.2, 0) is 15.3 Å². The zero-order valence-electron chi connectivity index (χ0n) is 12.5. The summed E-state index contributed by atoms with van der Waals surface area (Å²) in [6.45, 7) is 5.97. The minimum Gasteiger partial charge on any atom is -0.372 e. The van der Waals surface area contributed by atoms with Gasteiger partial charge >= 0.3 is 0 Å². The van der Waals surface area contributed by atoms with Crippen LogP contribution in [0.4, 0.5) is 0 Å². The van der Waals surface area contributed by atoms with Crippen molar-refractivity contribution in [3.05, 3.63) is 35.4 Å². The maximum Gasteiger partial charge on any atom is 0.232 e. The normalized spacial score (nSPS) is 17.3. The van der Waals surface area contributed by atoms with Crippen molar-refractivity contribution in [2.75, 3.05) is 25.4 Å². The molecule has 2 rings (SSSR count). The number of rotatable bonds is 4. The lowest BCUT2D eigenvalue weighted by Gasteiger charge is -2.38. The van der Waals surface area contributed by atoms with Gasteiger partial charge in [0.2, 0.25) is 5.91 Å². The number of hydrogen-bond acceptors (Lipinski definition) is 4. The summed E-state index contributed by atoms with van der Waals surface area (Å²) in [4.78, 5) is 14.1. The van der Waals surface area contributed by atoms with Gasteiger partial charge in [0.1, 0.15) is 0 Å². The molecule has 1 aromatic carbocycles. The highest BCUT2D eigenvalue weighted by Crippen LogP contribution is 2.18. The molecule has 0 saturated carbocycles. The zero-order chi connectivity index (χ0) is 15.3.